The van der Waals surface area contributed by atoms with Gasteiger partial charge in [0.25, 0.3) is 5.91 Å². The number of hydrogen-bond donors (Lipinski definition) is 0. The Morgan fingerprint density at radius 1 is 1.11 bits per heavy atom. The van der Waals surface area contributed by atoms with E-state index in [9.17, 15) is 14.4 Å². The summed E-state index contributed by atoms with van der Waals surface area (Å²) in [7, 11) is 0. The number of carbonyl (C=O) groups is 1. The van der Waals surface area contributed by atoms with Crippen LogP contribution in [0.1, 0.15) is 28.9 Å². The molecule has 5 nitrogen and oxygen atoms in total. The third-order valence-electron chi connectivity index (χ3n) is 4.69. The highest BCUT2D eigenvalue weighted by atomic mass is 19.1. The standard InChI is InChI=1S/C21H22FN3O2/c1-2-27-19-9-5-17(6-10-19)21(26)25-13-11-24(12-14-25)20(15-23)16-3-7-18(22)8-4-16/h3-10,20H,2,11-14H2,1H3/t20-/m1/s1. The van der Waals surface area contributed by atoms with E-state index >= 15 is 0 Å². The first kappa shape index (κ1) is 18.9. The van der Waals surface area contributed by atoms with Crippen LogP contribution in [0.15, 0.2) is 48.5 Å². The van der Waals surface area contributed by atoms with Gasteiger partial charge in [0.05, 0.1) is 12.7 Å². The van der Waals surface area contributed by atoms with Crippen molar-refractivity contribution in [3.63, 3.8) is 0 Å². The number of halogens is 1. The Balaban J connectivity index is 1.61. The van der Waals surface area contributed by atoms with Gasteiger partial charge in [0.2, 0.25) is 0 Å². The van der Waals surface area contributed by atoms with Gasteiger partial charge in [0.1, 0.15) is 17.6 Å². The minimum absolute atomic E-state index is 0.0204. The van der Waals surface area contributed by atoms with Gasteiger partial charge in [-0.05, 0) is 48.9 Å². The number of nitriles is 1. The van der Waals surface area contributed by atoms with E-state index < -0.39 is 6.04 Å². The second kappa shape index (κ2) is 8.65. The molecule has 0 bridgehead atoms. The zero-order chi connectivity index (χ0) is 19.2. The van der Waals surface area contributed by atoms with E-state index in [1.165, 1.54) is 12.1 Å². The quantitative estimate of drug-likeness (QED) is 0.814. The zero-order valence-electron chi connectivity index (χ0n) is 15.3. The van der Waals surface area contributed by atoms with Crippen molar-refractivity contribution in [1.29, 1.82) is 5.26 Å². The molecule has 2 aromatic carbocycles. The van der Waals surface area contributed by atoms with Crippen LogP contribution in [0.3, 0.4) is 0 Å². The van der Waals surface area contributed by atoms with Crippen molar-refractivity contribution in [3.8, 4) is 11.8 Å². The lowest BCUT2D eigenvalue weighted by Crippen LogP contribution is -2.49. The Hall–Kier alpha value is -2.91. The predicted molar refractivity (Wildman–Crippen MR) is 99.8 cm³/mol. The van der Waals surface area contributed by atoms with Crippen LogP contribution in [0.4, 0.5) is 4.39 Å². The van der Waals surface area contributed by atoms with Crippen LogP contribution in [0.25, 0.3) is 0 Å². The molecular formula is C21H22FN3O2. The molecule has 1 heterocycles. The molecule has 0 aromatic heterocycles. The highest BCUT2D eigenvalue weighted by Gasteiger charge is 2.27. The van der Waals surface area contributed by atoms with Gasteiger partial charge in [0, 0.05) is 31.7 Å². The monoisotopic (exact) mass is 367 g/mol. The molecule has 0 N–H and O–H groups in total. The lowest BCUT2D eigenvalue weighted by molar-refractivity contribution is 0.0606. The summed E-state index contributed by atoms with van der Waals surface area (Å²) in [6.45, 7) is 4.79. The number of amides is 1. The number of benzene rings is 2. The molecule has 1 saturated heterocycles. The molecule has 1 aliphatic rings. The Morgan fingerprint density at radius 2 is 1.74 bits per heavy atom. The molecule has 2 aromatic rings. The molecule has 0 spiro atoms. The first-order chi connectivity index (χ1) is 13.1. The van der Waals surface area contributed by atoms with E-state index in [0.29, 0.717) is 38.3 Å². The fourth-order valence-corrected chi connectivity index (χ4v) is 3.24. The van der Waals surface area contributed by atoms with Crippen molar-refractivity contribution in [2.45, 2.75) is 13.0 Å². The van der Waals surface area contributed by atoms with Gasteiger partial charge in [-0.3, -0.25) is 9.69 Å². The van der Waals surface area contributed by atoms with E-state index in [1.54, 1.807) is 41.3 Å². The molecule has 27 heavy (non-hydrogen) atoms. The molecule has 0 saturated carbocycles. The fourth-order valence-electron chi connectivity index (χ4n) is 3.24. The molecule has 6 heteroatoms. The molecule has 1 aliphatic heterocycles. The number of rotatable bonds is 5. The van der Waals surface area contributed by atoms with Gasteiger partial charge in [0.15, 0.2) is 0 Å². The third-order valence-corrected chi connectivity index (χ3v) is 4.69. The summed E-state index contributed by atoms with van der Waals surface area (Å²) in [5, 5.41) is 9.55. The van der Waals surface area contributed by atoms with Crippen molar-refractivity contribution >= 4 is 5.91 Å². The van der Waals surface area contributed by atoms with Crippen LogP contribution < -0.4 is 4.74 Å². The lowest BCUT2D eigenvalue weighted by atomic mass is 10.1. The van der Waals surface area contributed by atoms with E-state index in [-0.39, 0.29) is 11.7 Å². The average Bonchev–Trinajstić information content (AvgIpc) is 2.71. The van der Waals surface area contributed by atoms with Crippen molar-refractivity contribution in [1.82, 2.24) is 9.80 Å². The molecule has 1 fully saturated rings. The maximum Gasteiger partial charge on any atom is 0.253 e. The summed E-state index contributed by atoms with van der Waals surface area (Å²) in [5.74, 6) is 0.407. The normalized spacial score (nSPS) is 15.8. The highest BCUT2D eigenvalue weighted by molar-refractivity contribution is 5.94. The minimum Gasteiger partial charge on any atom is -0.494 e. The largest absolute Gasteiger partial charge is 0.494 e. The fraction of sp³-hybridized carbons (Fsp3) is 0.333. The molecule has 0 unspecified atom stereocenters. The molecule has 0 aliphatic carbocycles. The summed E-state index contributed by atoms with van der Waals surface area (Å²) >= 11 is 0. The number of hydrogen-bond acceptors (Lipinski definition) is 4. The Bertz CT molecular complexity index is 807. The maximum atomic E-state index is 13.1. The molecule has 3 rings (SSSR count). The van der Waals surface area contributed by atoms with Crippen molar-refractivity contribution in [2.24, 2.45) is 0 Å². The second-order valence-electron chi connectivity index (χ2n) is 6.37. The first-order valence-corrected chi connectivity index (χ1v) is 9.03. The Labute approximate surface area is 158 Å². The van der Waals surface area contributed by atoms with E-state index in [2.05, 4.69) is 6.07 Å². The van der Waals surface area contributed by atoms with Crippen LogP contribution in [0.5, 0.6) is 5.75 Å². The average molecular weight is 367 g/mol. The van der Waals surface area contributed by atoms with Crippen molar-refractivity contribution in [2.75, 3.05) is 32.8 Å². The first-order valence-electron chi connectivity index (χ1n) is 9.03. The van der Waals surface area contributed by atoms with Crippen LogP contribution in [-0.2, 0) is 0 Å². The minimum atomic E-state index is -0.437. The van der Waals surface area contributed by atoms with Crippen LogP contribution in [-0.4, -0.2) is 48.5 Å². The summed E-state index contributed by atoms with van der Waals surface area (Å²) in [4.78, 5) is 16.5. The van der Waals surface area contributed by atoms with E-state index in [1.807, 2.05) is 11.8 Å². The summed E-state index contributed by atoms with van der Waals surface area (Å²) in [6, 6.07) is 15.0. The van der Waals surface area contributed by atoms with Gasteiger partial charge >= 0.3 is 0 Å². The lowest BCUT2D eigenvalue weighted by Gasteiger charge is -2.37. The van der Waals surface area contributed by atoms with Crippen molar-refractivity contribution < 1.29 is 13.9 Å². The van der Waals surface area contributed by atoms with Crippen molar-refractivity contribution in [3.05, 3.63) is 65.5 Å². The highest BCUT2D eigenvalue weighted by Crippen LogP contribution is 2.23. The number of nitrogens with zero attached hydrogens (tertiary/aromatic N) is 3. The maximum absolute atomic E-state index is 13.1. The number of piperazine rings is 1. The van der Waals surface area contributed by atoms with Gasteiger partial charge in [-0.1, -0.05) is 12.1 Å². The van der Waals surface area contributed by atoms with Gasteiger partial charge in [-0.2, -0.15) is 5.26 Å². The molecule has 1 amide bonds. The summed E-state index contributed by atoms with van der Waals surface area (Å²) < 4.78 is 18.5. The third kappa shape index (κ3) is 4.44. The van der Waals surface area contributed by atoms with Crippen LogP contribution in [0.2, 0.25) is 0 Å². The molecule has 1 atom stereocenters. The molecule has 0 radical (unpaired) electrons. The summed E-state index contributed by atoms with van der Waals surface area (Å²) in [5.41, 5.74) is 1.40. The second-order valence-corrected chi connectivity index (χ2v) is 6.37. The van der Waals surface area contributed by atoms with Gasteiger partial charge < -0.3 is 9.64 Å². The van der Waals surface area contributed by atoms with Crippen LogP contribution >= 0.6 is 0 Å². The molecule has 140 valence electrons. The molecular weight excluding hydrogens is 345 g/mol. The van der Waals surface area contributed by atoms with E-state index in [0.717, 1.165) is 11.3 Å². The topological polar surface area (TPSA) is 56.6 Å². The Morgan fingerprint density at radius 3 is 2.30 bits per heavy atom. The smallest absolute Gasteiger partial charge is 0.253 e. The van der Waals surface area contributed by atoms with Crippen LogP contribution in [0, 0.1) is 17.1 Å². The zero-order valence-corrected chi connectivity index (χ0v) is 15.3. The number of carbonyl (C=O) groups excluding carboxylic acids is 1. The van der Waals surface area contributed by atoms with Gasteiger partial charge in [-0.15, -0.1) is 0 Å². The Kier molecular flexibility index (Phi) is 6.05. The predicted octanol–water partition coefficient (Wildman–Crippen LogP) is 3.25. The van der Waals surface area contributed by atoms with Gasteiger partial charge in [-0.25, -0.2) is 4.39 Å². The number of ether oxygens (including phenoxy) is 1. The summed E-state index contributed by atoms with van der Waals surface area (Å²) in [6.07, 6.45) is 0. The van der Waals surface area contributed by atoms with E-state index in [4.69, 9.17) is 4.74 Å². The SMILES string of the molecule is CCOc1ccc(C(=O)N2CCN([C@H](C#N)c3ccc(F)cc3)CC2)cc1.